The molecule has 0 bridgehead atoms. The van der Waals surface area contributed by atoms with Crippen molar-refractivity contribution >= 4 is 37.9 Å². The molecule has 9 nitrogen and oxygen atoms in total. The van der Waals surface area contributed by atoms with Crippen LogP contribution in [0.5, 0.6) is 5.88 Å². The van der Waals surface area contributed by atoms with Crippen LogP contribution in [0, 0.1) is 0 Å². The molecule has 0 aliphatic rings. The van der Waals surface area contributed by atoms with Gasteiger partial charge in [0.25, 0.3) is 15.7 Å². The van der Waals surface area contributed by atoms with E-state index in [1.165, 1.54) is 28.8 Å². The van der Waals surface area contributed by atoms with Gasteiger partial charge in [0.2, 0.25) is 11.6 Å². The molecule has 2 heterocycles. The lowest BCUT2D eigenvalue weighted by atomic mass is 10.1. The zero-order valence-corrected chi connectivity index (χ0v) is 14.9. The Balaban J connectivity index is 1.89. The van der Waals surface area contributed by atoms with Crippen LogP contribution in [0.3, 0.4) is 0 Å². The summed E-state index contributed by atoms with van der Waals surface area (Å²) in [5.41, 5.74) is -0.454. The summed E-state index contributed by atoms with van der Waals surface area (Å²) in [4.78, 5) is 16.2. The lowest BCUT2D eigenvalue weighted by Gasteiger charge is -2.06. The molecule has 0 unspecified atom stereocenters. The van der Waals surface area contributed by atoms with Crippen LogP contribution in [-0.2, 0) is 10.1 Å². The number of aromatic hydroxyl groups is 1. The average Bonchev–Trinajstić information content (AvgIpc) is 2.67. The van der Waals surface area contributed by atoms with Gasteiger partial charge in [-0.1, -0.05) is 30.3 Å². The Morgan fingerprint density at radius 2 is 1.64 bits per heavy atom. The minimum absolute atomic E-state index is 0.249. The molecule has 140 valence electrons. The van der Waals surface area contributed by atoms with Crippen LogP contribution in [0.2, 0.25) is 0 Å². The Bertz CT molecular complexity index is 1430. The van der Waals surface area contributed by atoms with Crippen LogP contribution in [0.1, 0.15) is 0 Å². The van der Waals surface area contributed by atoms with Crippen LogP contribution in [0.25, 0.3) is 16.4 Å². The van der Waals surface area contributed by atoms with Crippen molar-refractivity contribution in [2.24, 2.45) is 10.2 Å². The van der Waals surface area contributed by atoms with Crippen LogP contribution in [0.4, 0.5) is 11.4 Å². The number of pyridine rings is 1. The second-order valence-electron chi connectivity index (χ2n) is 5.82. The minimum atomic E-state index is -4.43. The van der Waals surface area contributed by atoms with Crippen LogP contribution in [0.15, 0.2) is 80.7 Å². The summed E-state index contributed by atoms with van der Waals surface area (Å²) in [5.74, 6) is -0.571. The number of rotatable bonds is 3. The van der Waals surface area contributed by atoms with Gasteiger partial charge in [-0.2, -0.15) is 13.4 Å². The van der Waals surface area contributed by atoms with Crippen LogP contribution in [-0.4, -0.2) is 27.5 Å². The lowest BCUT2D eigenvalue weighted by molar-refractivity contribution is 0.454. The monoisotopic (exact) mass is 396 g/mol. The molecule has 0 saturated carbocycles. The van der Waals surface area contributed by atoms with E-state index in [4.69, 9.17) is 0 Å². The van der Waals surface area contributed by atoms with E-state index in [2.05, 4.69) is 15.2 Å². The van der Waals surface area contributed by atoms with Gasteiger partial charge >= 0.3 is 0 Å². The Hall–Kier alpha value is -3.63. The molecule has 4 aromatic rings. The van der Waals surface area contributed by atoms with Gasteiger partial charge in [0.05, 0.1) is 5.69 Å². The molecule has 0 aliphatic heterocycles. The van der Waals surface area contributed by atoms with Crippen molar-refractivity contribution in [3.63, 3.8) is 0 Å². The first-order valence-corrected chi connectivity index (χ1v) is 9.41. The fourth-order valence-electron chi connectivity index (χ4n) is 2.83. The Kier molecular flexibility index (Phi) is 4.13. The molecule has 2 aromatic heterocycles. The maximum absolute atomic E-state index is 12.5. The maximum atomic E-state index is 12.5. The largest absolute Gasteiger partial charge is 0.491 e. The number of hydrogen-bond acceptors (Lipinski definition) is 7. The normalized spacial score (nSPS) is 12.2. The van der Waals surface area contributed by atoms with Gasteiger partial charge in [-0.25, -0.2) is 0 Å². The summed E-state index contributed by atoms with van der Waals surface area (Å²) < 4.78 is 33.7. The predicted octanol–water partition coefficient (Wildman–Crippen LogP) is 3.22. The van der Waals surface area contributed by atoms with Gasteiger partial charge in [0.15, 0.2) is 0 Å². The number of aromatic nitrogens is 2. The van der Waals surface area contributed by atoms with E-state index in [-0.39, 0.29) is 27.3 Å². The molecule has 0 fully saturated rings. The number of azo groups is 1. The quantitative estimate of drug-likeness (QED) is 0.403. The molecule has 0 radical (unpaired) electrons. The minimum Gasteiger partial charge on any atom is -0.491 e. The summed E-state index contributed by atoms with van der Waals surface area (Å²) in [6.07, 6.45) is 1.49. The van der Waals surface area contributed by atoms with E-state index in [1.54, 1.807) is 36.4 Å². The molecular weight excluding hydrogens is 384 g/mol. The summed E-state index contributed by atoms with van der Waals surface area (Å²) in [5, 5.41) is 18.5. The molecule has 0 aliphatic carbocycles. The second kappa shape index (κ2) is 6.51. The third-order valence-corrected chi connectivity index (χ3v) is 5.00. The molecule has 4 rings (SSSR count). The average molecular weight is 396 g/mol. The molecular formula is C18H12N4O5S. The van der Waals surface area contributed by atoms with Crippen molar-refractivity contribution < 1.29 is 18.1 Å². The van der Waals surface area contributed by atoms with Crippen molar-refractivity contribution in [2.75, 3.05) is 0 Å². The van der Waals surface area contributed by atoms with E-state index in [1.807, 2.05) is 0 Å². The molecule has 0 amide bonds. The van der Waals surface area contributed by atoms with Gasteiger partial charge in [0, 0.05) is 17.0 Å². The first-order valence-electron chi connectivity index (χ1n) is 7.97. The molecule has 0 spiro atoms. The fourth-order valence-corrected chi connectivity index (χ4v) is 3.52. The highest BCUT2D eigenvalue weighted by Crippen LogP contribution is 2.32. The molecule has 2 aromatic carbocycles. The number of benzene rings is 2. The van der Waals surface area contributed by atoms with E-state index in [0.29, 0.717) is 5.39 Å². The highest BCUT2D eigenvalue weighted by Gasteiger charge is 2.16. The Labute approximate surface area is 158 Å². The van der Waals surface area contributed by atoms with Crippen molar-refractivity contribution in [3.05, 3.63) is 71.1 Å². The van der Waals surface area contributed by atoms with Crippen molar-refractivity contribution in [3.8, 4) is 5.88 Å². The Morgan fingerprint density at radius 3 is 2.39 bits per heavy atom. The van der Waals surface area contributed by atoms with E-state index in [9.17, 15) is 22.9 Å². The number of nitrogens with zero attached hydrogens (tertiary/aromatic N) is 4. The second-order valence-corrected chi connectivity index (χ2v) is 7.21. The smallest absolute Gasteiger partial charge is 0.295 e. The van der Waals surface area contributed by atoms with E-state index >= 15 is 0 Å². The van der Waals surface area contributed by atoms with Crippen LogP contribution < -0.4 is 5.56 Å². The van der Waals surface area contributed by atoms with E-state index < -0.39 is 21.6 Å². The zero-order valence-electron chi connectivity index (χ0n) is 14.1. The summed E-state index contributed by atoms with van der Waals surface area (Å²) in [6.45, 7) is 0. The van der Waals surface area contributed by atoms with Gasteiger partial charge in [-0.15, -0.1) is 10.2 Å². The predicted molar refractivity (Wildman–Crippen MR) is 101 cm³/mol. The standard InChI is InChI=1S/C18H12N4O5S/c23-17-16(18(24)22-10-4-3-7-15(22)19-17)21-20-13-8-9-14(28(25,26)27)12-6-2-1-5-11(12)13/h1-10,23H,(H,25,26,27). The van der Waals surface area contributed by atoms with Crippen molar-refractivity contribution in [1.82, 2.24) is 9.38 Å². The lowest BCUT2D eigenvalue weighted by Crippen LogP contribution is -2.13. The van der Waals surface area contributed by atoms with Gasteiger partial charge in [-0.05, 0) is 24.3 Å². The molecule has 0 atom stereocenters. The third kappa shape index (κ3) is 3.00. The van der Waals surface area contributed by atoms with Gasteiger partial charge in [-0.3, -0.25) is 13.7 Å². The summed E-state index contributed by atoms with van der Waals surface area (Å²) >= 11 is 0. The number of hydrogen-bond donors (Lipinski definition) is 2. The van der Waals surface area contributed by atoms with Crippen molar-refractivity contribution in [1.29, 1.82) is 0 Å². The Morgan fingerprint density at radius 1 is 0.929 bits per heavy atom. The number of fused-ring (bicyclic) bond motifs is 2. The zero-order chi connectivity index (χ0) is 19.9. The first-order chi connectivity index (χ1) is 13.4. The summed E-state index contributed by atoms with van der Waals surface area (Å²) in [7, 11) is -4.43. The maximum Gasteiger partial charge on any atom is 0.295 e. The molecule has 10 heteroatoms. The first kappa shape index (κ1) is 17.8. The fraction of sp³-hybridized carbons (Fsp3) is 0. The molecule has 2 N–H and O–H groups in total. The molecule has 28 heavy (non-hydrogen) atoms. The van der Waals surface area contributed by atoms with Crippen molar-refractivity contribution in [2.45, 2.75) is 4.90 Å². The van der Waals surface area contributed by atoms with E-state index in [0.717, 1.165) is 0 Å². The van der Waals surface area contributed by atoms with Gasteiger partial charge in [0.1, 0.15) is 10.5 Å². The SMILES string of the molecule is O=c1c(N=Nc2ccc(S(=O)(=O)O)c3ccccc23)c(O)nc2ccccn12. The third-order valence-electron chi connectivity index (χ3n) is 4.09. The highest BCUT2D eigenvalue weighted by molar-refractivity contribution is 7.86. The molecule has 0 saturated heterocycles. The van der Waals surface area contributed by atoms with Crippen LogP contribution >= 0.6 is 0 Å². The summed E-state index contributed by atoms with van der Waals surface area (Å²) in [6, 6.07) is 13.8. The highest BCUT2D eigenvalue weighted by atomic mass is 32.2. The topological polar surface area (TPSA) is 134 Å². The van der Waals surface area contributed by atoms with Gasteiger partial charge < -0.3 is 5.11 Å².